The number of aliphatic imine (C=N–C) groups is 2. The van der Waals surface area contributed by atoms with Crippen LogP contribution in [-0.4, -0.2) is 90.5 Å². The normalized spacial score (nSPS) is 26.0. The van der Waals surface area contributed by atoms with Crippen molar-refractivity contribution in [3.8, 4) is 0 Å². The monoisotopic (exact) mass is 509 g/mol. The van der Waals surface area contributed by atoms with Gasteiger partial charge in [-0.1, -0.05) is 46.5 Å². The summed E-state index contributed by atoms with van der Waals surface area (Å²) in [6, 6.07) is 0.898. The van der Waals surface area contributed by atoms with Crippen molar-refractivity contribution >= 4 is 23.5 Å². The molecule has 0 aliphatic carbocycles. The van der Waals surface area contributed by atoms with Crippen molar-refractivity contribution in [1.29, 1.82) is 0 Å². The number of nitrogens with one attached hydrogen (secondary N) is 1. The Balaban J connectivity index is 0.000000350. The van der Waals surface area contributed by atoms with E-state index in [2.05, 4.69) is 34.0 Å². The first kappa shape index (κ1) is 32.3. The smallest absolute Gasteiger partial charge is 0.150 e. The van der Waals surface area contributed by atoms with Crippen molar-refractivity contribution in [2.45, 2.75) is 109 Å². The lowest BCUT2D eigenvalue weighted by Gasteiger charge is -2.33. The number of hydrogen-bond donors (Lipinski definition) is 2. The lowest BCUT2D eigenvalue weighted by atomic mass is 10.0. The third-order valence-electron chi connectivity index (χ3n) is 6.68. The Morgan fingerprint density at radius 1 is 1.11 bits per heavy atom. The van der Waals surface area contributed by atoms with E-state index in [0.717, 1.165) is 24.7 Å². The van der Waals surface area contributed by atoms with Gasteiger partial charge in [0, 0.05) is 24.1 Å². The minimum Gasteiger partial charge on any atom is -0.372 e. The SMILES string of the molecule is C1CCN(C2CCCNCC2)CC1.CC.CCCCCCN(C)C(O)/C1=C/C(C)SC=NCC=N1. The van der Waals surface area contributed by atoms with Gasteiger partial charge in [-0.05, 0) is 84.8 Å². The average molecular weight is 510 g/mol. The minimum absolute atomic E-state index is 0.271. The summed E-state index contributed by atoms with van der Waals surface area (Å²) in [4.78, 5) is 13.3. The van der Waals surface area contributed by atoms with E-state index in [1.165, 1.54) is 84.0 Å². The molecule has 7 heteroatoms. The number of thioether (sulfide) groups is 1. The van der Waals surface area contributed by atoms with Crippen LogP contribution in [0.25, 0.3) is 0 Å². The fraction of sp³-hybridized carbons (Fsp3) is 0.857. The molecule has 3 aliphatic heterocycles. The third-order valence-corrected chi connectivity index (χ3v) is 7.52. The van der Waals surface area contributed by atoms with E-state index in [1.54, 1.807) is 18.0 Å². The Labute approximate surface area is 221 Å². The van der Waals surface area contributed by atoms with E-state index in [4.69, 9.17) is 0 Å². The molecule has 2 fully saturated rings. The molecule has 3 atom stereocenters. The molecule has 2 saturated heterocycles. The van der Waals surface area contributed by atoms with Crippen LogP contribution in [0.3, 0.4) is 0 Å². The number of likely N-dealkylation sites (tertiary alicyclic amines) is 1. The predicted octanol–water partition coefficient (Wildman–Crippen LogP) is 5.58. The molecule has 0 radical (unpaired) electrons. The molecule has 3 aliphatic rings. The molecule has 0 spiro atoms. The molecule has 35 heavy (non-hydrogen) atoms. The molecule has 2 N–H and O–H groups in total. The largest absolute Gasteiger partial charge is 0.372 e. The van der Waals surface area contributed by atoms with Crippen molar-refractivity contribution in [2.24, 2.45) is 9.98 Å². The zero-order valence-corrected chi connectivity index (χ0v) is 24.2. The second-order valence-electron chi connectivity index (χ2n) is 9.56. The summed E-state index contributed by atoms with van der Waals surface area (Å²) in [5, 5.41) is 14.2. The zero-order chi connectivity index (χ0) is 25.7. The van der Waals surface area contributed by atoms with Gasteiger partial charge in [0.1, 0.15) is 6.23 Å². The van der Waals surface area contributed by atoms with Crippen molar-refractivity contribution in [3.05, 3.63) is 11.8 Å². The molecule has 0 amide bonds. The molecule has 0 aromatic carbocycles. The maximum absolute atomic E-state index is 10.4. The number of aliphatic hydroxyl groups is 1. The quantitative estimate of drug-likeness (QED) is 0.331. The predicted molar refractivity (Wildman–Crippen MR) is 157 cm³/mol. The minimum atomic E-state index is -0.631. The van der Waals surface area contributed by atoms with E-state index in [0.29, 0.717) is 6.54 Å². The summed E-state index contributed by atoms with van der Waals surface area (Å²) in [7, 11) is 1.95. The summed E-state index contributed by atoms with van der Waals surface area (Å²) in [6.45, 7) is 15.0. The summed E-state index contributed by atoms with van der Waals surface area (Å²) in [5.74, 6) is 0. The first-order chi connectivity index (χ1) is 17.1. The van der Waals surface area contributed by atoms with Gasteiger partial charge in [-0.25, -0.2) is 0 Å². The molecule has 0 bridgehead atoms. The number of piperidine rings is 1. The molecule has 3 rings (SSSR count). The van der Waals surface area contributed by atoms with E-state index in [9.17, 15) is 5.11 Å². The highest BCUT2D eigenvalue weighted by atomic mass is 32.2. The molecule has 3 heterocycles. The van der Waals surface area contributed by atoms with Crippen LogP contribution in [0.15, 0.2) is 21.8 Å². The Morgan fingerprint density at radius 3 is 2.63 bits per heavy atom. The van der Waals surface area contributed by atoms with Gasteiger partial charge in [-0.2, -0.15) is 0 Å². The molecular formula is C28H55N5OS. The number of aliphatic hydroxyl groups excluding tert-OH is 1. The van der Waals surface area contributed by atoms with Crippen LogP contribution in [0.5, 0.6) is 0 Å². The fourth-order valence-electron chi connectivity index (χ4n) is 4.64. The van der Waals surface area contributed by atoms with Gasteiger partial charge in [0.25, 0.3) is 0 Å². The van der Waals surface area contributed by atoms with Crippen molar-refractivity contribution < 1.29 is 5.11 Å². The molecular weight excluding hydrogens is 454 g/mol. The van der Waals surface area contributed by atoms with Crippen LogP contribution in [0, 0.1) is 0 Å². The molecule has 0 aromatic rings. The highest BCUT2D eigenvalue weighted by molar-refractivity contribution is 8.12. The summed E-state index contributed by atoms with van der Waals surface area (Å²) in [5.41, 5.74) is 2.59. The Kier molecular flexibility index (Phi) is 19.7. The Morgan fingerprint density at radius 2 is 1.89 bits per heavy atom. The Hall–Kier alpha value is -0.730. The maximum atomic E-state index is 10.4. The molecule has 3 unspecified atom stereocenters. The lowest BCUT2D eigenvalue weighted by molar-refractivity contribution is 0.0506. The van der Waals surface area contributed by atoms with Gasteiger partial charge in [-0.15, -0.1) is 11.8 Å². The number of rotatable bonds is 8. The van der Waals surface area contributed by atoms with Crippen LogP contribution in [0.4, 0.5) is 0 Å². The maximum Gasteiger partial charge on any atom is 0.150 e. The van der Waals surface area contributed by atoms with E-state index < -0.39 is 6.23 Å². The van der Waals surface area contributed by atoms with Gasteiger partial charge < -0.3 is 15.3 Å². The number of hydrogen-bond acceptors (Lipinski definition) is 7. The highest BCUT2D eigenvalue weighted by Crippen LogP contribution is 2.19. The lowest BCUT2D eigenvalue weighted by Crippen LogP contribution is -2.39. The number of nitrogens with zero attached hydrogens (tertiary/aromatic N) is 4. The highest BCUT2D eigenvalue weighted by Gasteiger charge is 2.21. The van der Waals surface area contributed by atoms with Crippen LogP contribution in [0.1, 0.15) is 91.9 Å². The summed E-state index contributed by atoms with van der Waals surface area (Å²) < 4.78 is 0. The second kappa shape index (κ2) is 21.4. The van der Waals surface area contributed by atoms with Gasteiger partial charge in [-0.3, -0.25) is 14.9 Å². The number of unbranched alkanes of at least 4 members (excludes halogenated alkanes) is 3. The van der Waals surface area contributed by atoms with Gasteiger partial charge in [0.2, 0.25) is 0 Å². The summed E-state index contributed by atoms with van der Waals surface area (Å²) in [6.07, 6.45) is 16.5. The molecule has 0 aromatic heterocycles. The molecule has 204 valence electrons. The van der Waals surface area contributed by atoms with E-state index in [1.807, 2.05) is 37.4 Å². The third kappa shape index (κ3) is 14.6. The fourth-order valence-corrected chi connectivity index (χ4v) is 5.22. The van der Waals surface area contributed by atoms with E-state index in [-0.39, 0.29) is 5.25 Å². The summed E-state index contributed by atoms with van der Waals surface area (Å²) >= 11 is 1.65. The second-order valence-corrected chi connectivity index (χ2v) is 10.8. The number of likely N-dealkylation sites (N-methyl/N-ethyl adjacent to an activating group) is 1. The van der Waals surface area contributed by atoms with Crippen molar-refractivity contribution in [2.75, 3.05) is 46.3 Å². The average Bonchev–Trinajstić information content (AvgIpc) is 3.13. The van der Waals surface area contributed by atoms with Gasteiger partial charge in [0.05, 0.1) is 17.8 Å². The van der Waals surface area contributed by atoms with Crippen LogP contribution in [0.2, 0.25) is 0 Å². The van der Waals surface area contributed by atoms with Gasteiger partial charge >= 0.3 is 0 Å². The molecule has 0 saturated carbocycles. The van der Waals surface area contributed by atoms with Crippen LogP contribution >= 0.6 is 11.8 Å². The van der Waals surface area contributed by atoms with Crippen LogP contribution < -0.4 is 5.32 Å². The first-order valence-electron chi connectivity index (χ1n) is 14.3. The Bertz CT molecular complexity index is 584. The van der Waals surface area contributed by atoms with E-state index >= 15 is 0 Å². The topological polar surface area (TPSA) is 63.5 Å². The molecule has 6 nitrogen and oxygen atoms in total. The van der Waals surface area contributed by atoms with Gasteiger partial charge in [0.15, 0.2) is 0 Å². The zero-order valence-electron chi connectivity index (χ0n) is 23.4. The van der Waals surface area contributed by atoms with Crippen molar-refractivity contribution in [1.82, 2.24) is 15.1 Å². The van der Waals surface area contributed by atoms with Crippen LogP contribution in [-0.2, 0) is 0 Å². The standard InChI is InChI=1S/C15H27N3OS.C11H22N2.C2H6/c1-4-5-6-7-10-18(3)15(19)14-11-13(2)20-12-16-8-9-17-14;1-2-9-13(10-3-1)11-5-4-7-12-8-6-11;1-2/h9,11-13,15,19H,4-8,10H2,1-3H3;11-12H,1-10H2;1-2H3/b14-11-,16-12?,17-9?;;. The van der Waals surface area contributed by atoms with Crippen molar-refractivity contribution in [3.63, 3.8) is 0 Å². The first-order valence-corrected chi connectivity index (χ1v) is 15.3.